The quantitative estimate of drug-likeness (QED) is 0.847. The average molecular weight is 342 g/mol. The van der Waals surface area contributed by atoms with Gasteiger partial charge in [0.05, 0.1) is 17.6 Å². The third kappa shape index (κ3) is 4.43. The predicted molar refractivity (Wildman–Crippen MR) is 94.1 cm³/mol. The van der Waals surface area contributed by atoms with Crippen LogP contribution >= 0.6 is 0 Å². The highest BCUT2D eigenvalue weighted by atomic mass is 16.2. The molecule has 1 saturated heterocycles. The van der Waals surface area contributed by atoms with Crippen LogP contribution in [0.5, 0.6) is 0 Å². The molecule has 2 amide bonds. The Morgan fingerprint density at radius 1 is 1.16 bits per heavy atom. The van der Waals surface area contributed by atoms with Crippen molar-refractivity contribution >= 4 is 22.8 Å². The fourth-order valence-corrected chi connectivity index (χ4v) is 2.99. The first-order valence-electron chi connectivity index (χ1n) is 8.66. The minimum Gasteiger partial charge on any atom is -0.347 e. The summed E-state index contributed by atoms with van der Waals surface area (Å²) in [5.74, 6) is -0.297. The number of para-hydroxylation sites is 2. The molecule has 25 heavy (non-hydrogen) atoms. The Balaban J connectivity index is 1.51. The minimum atomic E-state index is -0.282. The number of carbonyl (C=O) groups excluding carboxylic acids is 2. The largest absolute Gasteiger partial charge is 0.347 e. The lowest BCUT2D eigenvalue weighted by Crippen LogP contribution is -2.42. The van der Waals surface area contributed by atoms with Gasteiger partial charge in [0.15, 0.2) is 0 Å². The fourth-order valence-electron chi connectivity index (χ4n) is 2.99. The van der Waals surface area contributed by atoms with E-state index in [4.69, 9.17) is 0 Å². The number of H-pyrrole nitrogens is 1. The molecule has 1 fully saturated rings. The summed E-state index contributed by atoms with van der Waals surface area (Å²) in [6, 6.07) is 7.27. The highest BCUT2D eigenvalue weighted by molar-refractivity contribution is 5.84. The maximum Gasteiger partial charge on any atom is 0.270 e. The van der Waals surface area contributed by atoms with Crippen LogP contribution in [0, 0.1) is 0 Å². The molecule has 2 N–H and O–H groups in total. The van der Waals surface area contributed by atoms with Gasteiger partial charge in [-0.1, -0.05) is 12.1 Å². The lowest BCUT2D eigenvalue weighted by atomic mass is 10.1. The second-order valence-corrected chi connectivity index (χ2v) is 6.25. The Morgan fingerprint density at radius 3 is 2.72 bits per heavy atom. The van der Waals surface area contributed by atoms with Crippen LogP contribution in [0.1, 0.15) is 31.4 Å². The number of piperidine rings is 1. The second-order valence-electron chi connectivity index (χ2n) is 6.25. The van der Waals surface area contributed by atoms with E-state index in [0.717, 1.165) is 32.4 Å². The van der Waals surface area contributed by atoms with Crippen LogP contribution in [-0.4, -0.2) is 46.3 Å². The molecule has 0 unspecified atom stereocenters. The van der Waals surface area contributed by atoms with Crippen LogP contribution in [0.4, 0.5) is 0 Å². The van der Waals surface area contributed by atoms with Crippen LogP contribution < -0.4 is 10.9 Å². The Labute approximate surface area is 145 Å². The molecule has 0 saturated carbocycles. The summed E-state index contributed by atoms with van der Waals surface area (Å²) in [4.78, 5) is 44.9. The molecule has 1 aliphatic rings. The van der Waals surface area contributed by atoms with Crippen molar-refractivity contribution in [1.29, 1.82) is 0 Å². The molecule has 0 aliphatic carbocycles. The van der Waals surface area contributed by atoms with Gasteiger partial charge in [-0.3, -0.25) is 14.4 Å². The predicted octanol–water partition coefficient (Wildman–Crippen LogP) is 0.984. The molecular formula is C18H22N4O3. The van der Waals surface area contributed by atoms with Gasteiger partial charge < -0.3 is 15.2 Å². The van der Waals surface area contributed by atoms with Crippen LogP contribution in [0.3, 0.4) is 0 Å². The molecule has 2 heterocycles. The molecule has 1 aliphatic heterocycles. The summed E-state index contributed by atoms with van der Waals surface area (Å²) in [5.41, 5.74) is 1.41. The van der Waals surface area contributed by atoms with Crippen LogP contribution in [0.15, 0.2) is 29.1 Å². The van der Waals surface area contributed by atoms with Gasteiger partial charge >= 0.3 is 0 Å². The second kappa shape index (κ2) is 7.92. The van der Waals surface area contributed by atoms with Crippen molar-refractivity contribution in [2.75, 3.05) is 19.6 Å². The van der Waals surface area contributed by atoms with E-state index in [1.165, 1.54) is 0 Å². The van der Waals surface area contributed by atoms with E-state index in [0.29, 0.717) is 16.7 Å². The van der Waals surface area contributed by atoms with E-state index in [1.54, 1.807) is 11.0 Å². The summed E-state index contributed by atoms with van der Waals surface area (Å²) in [7, 11) is 0. The zero-order valence-corrected chi connectivity index (χ0v) is 14.1. The summed E-state index contributed by atoms with van der Waals surface area (Å²) in [6.45, 7) is 1.55. The highest BCUT2D eigenvalue weighted by Gasteiger charge is 2.17. The lowest BCUT2D eigenvalue weighted by molar-refractivity contribution is -0.133. The van der Waals surface area contributed by atoms with E-state index in [9.17, 15) is 14.4 Å². The number of likely N-dealkylation sites (tertiary alicyclic amines) is 1. The maximum absolute atomic E-state index is 12.0. The van der Waals surface area contributed by atoms with Crippen molar-refractivity contribution in [2.45, 2.75) is 32.1 Å². The zero-order chi connectivity index (χ0) is 17.6. The van der Waals surface area contributed by atoms with E-state index < -0.39 is 0 Å². The van der Waals surface area contributed by atoms with Gasteiger partial charge in [0, 0.05) is 25.9 Å². The van der Waals surface area contributed by atoms with E-state index in [1.807, 2.05) is 18.2 Å². The number of fused-ring (bicyclic) bond motifs is 1. The van der Waals surface area contributed by atoms with E-state index in [-0.39, 0.29) is 36.8 Å². The number of hydrogen-bond acceptors (Lipinski definition) is 4. The molecule has 0 radical (unpaired) electrons. The van der Waals surface area contributed by atoms with Crippen molar-refractivity contribution in [2.24, 2.45) is 0 Å². The van der Waals surface area contributed by atoms with Gasteiger partial charge in [-0.2, -0.15) is 0 Å². The standard InChI is InChI=1S/C18H22N4O3/c23-16(19-12-17(24)22-10-4-1-5-11-22)9-8-15-18(25)21-14-7-3-2-6-13(14)20-15/h2-3,6-7H,1,4-5,8-12H2,(H,19,23)(H,21,25). The van der Waals surface area contributed by atoms with Crippen molar-refractivity contribution in [3.63, 3.8) is 0 Å². The van der Waals surface area contributed by atoms with Crippen molar-refractivity contribution in [3.8, 4) is 0 Å². The first-order chi connectivity index (χ1) is 12.1. The smallest absolute Gasteiger partial charge is 0.270 e. The van der Waals surface area contributed by atoms with Gasteiger partial charge in [0.25, 0.3) is 5.56 Å². The SMILES string of the molecule is O=C(CCc1nc2ccccc2[nH]c1=O)NCC(=O)N1CCCCC1. The van der Waals surface area contributed by atoms with Gasteiger partial charge in [-0.15, -0.1) is 0 Å². The summed E-state index contributed by atoms with van der Waals surface area (Å²) in [6.07, 6.45) is 3.57. The monoisotopic (exact) mass is 342 g/mol. The van der Waals surface area contributed by atoms with Gasteiger partial charge in [0.1, 0.15) is 5.69 Å². The highest BCUT2D eigenvalue weighted by Crippen LogP contribution is 2.08. The number of benzene rings is 1. The zero-order valence-electron chi connectivity index (χ0n) is 14.1. The normalized spacial score (nSPS) is 14.5. The van der Waals surface area contributed by atoms with Crippen molar-refractivity contribution in [3.05, 3.63) is 40.3 Å². The molecule has 3 rings (SSSR count). The van der Waals surface area contributed by atoms with Crippen molar-refractivity contribution < 1.29 is 9.59 Å². The van der Waals surface area contributed by atoms with Gasteiger partial charge in [-0.05, 0) is 31.4 Å². The third-order valence-electron chi connectivity index (χ3n) is 4.40. The number of amides is 2. The fraction of sp³-hybridized carbons (Fsp3) is 0.444. The van der Waals surface area contributed by atoms with E-state index in [2.05, 4.69) is 15.3 Å². The molecule has 1 aromatic carbocycles. The number of aryl methyl sites for hydroxylation is 1. The number of aromatic amines is 1. The molecular weight excluding hydrogens is 320 g/mol. The van der Waals surface area contributed by atoms with Crippen molar-refractivity contribution in [1.82, 2.24) is 20.2 Å². The Bertz CT molecular complexity index is 824. The molecule has 2 aromatic rings. The molecule has 132 valence electrons. The topological polar surface area (TPSA) is 95.2 Å². The third-order valence-corrected chi connectivity index (χ3v) is 4.40. The lowest BCUT2D eigenvalue weighted by Gasteiger charge is -2.26. The van der Waals surface area contributed by atoms with Crippen LogP contribution in [0.25, 0.3) is 11.0 Å². The number of hydrogen-bond donors (Lipinski definition) is 2. The first-order valence-corrected chi connectivity index (χ1v) is 8.66. The first kappa shape index (κ1) is 17.1. The summed E-state index contributed by atoms with van der Waals surface area (Å²) >= 11 is 0. The van der Waals surface area contributed by atoms with Crippen LogP contribution in [-0.2, 0) is 16.0 Å². The number of rotatable bonds is 5. The Hall–Kier alpha value is -2.70. The molecule has 7 heteroatoms. The Morgan fingerprint density at radius 2 is 1.92 bits per heavy atom. The van der Waals surface area contributed by atoms with Crippen LogP contribution in [0.2, 0.25) is 0 Å². The minimum absolute atomic E-state index is 0.0142. The number of carbonyl (C=O) groups is 2. The van der Waals surface area contributed by atoms with Gasteiger partial charge in [-0.25, -0.2) is 4.98 Å². The molecule has 0 atom stereocenters. The number of aromatic nitrogens is 2. The molecule has 0 spiro atoms. The summed E-state index contributed by atoms with van der Waals surface area (Å²) < 4.78 is 0. The molecule has 7 nitrogen and oxygen atoms in total. The molecule has 0 bridgehead atoms. The van der Waals surface area contributed by atoms with Gasteiger partial charge in [0.2, 0.25) is 11.8 Å². The number of nitrogens with zero attached hydrogens (tertiary/aromatic N) is 2. The molecule has 1 aromatic heterocycles. The Kier molecular flexibility index (Phi) is 5.42. The number of nitrogens with one attached hydrogen (secondary N) is 2. The maximum atomic E-state index is 12.0. The summed E-state index contributed by atoms with van der Waals surface area (Å²) in [5, 5.41) is 2.64. The van der Waals surface area contributed by atoms with E-state index >= 15 is 0 Å². The average Bonchev–Trinajstić information content (AvgIpc) is 2.65.